The summed E-state index contributed by atoms with van der Waals surface area (Å²) in [5, 5.41) is 0. The van der Waals surface area contributed by atoms with Crippen LogP contribution in [0.3, 0.4) is 0 Å². The van der Waals surface area contributed by atoms with Gasteiger partial charge >= 0.3 is 5.56 Å². The molecule has 4 nitrogen and oxygen atoms in total. The van der Waals surface area contributed by atoms with Gasteiger partial charge in [-0.05, 0) is 24.6 Å². The highest BCUT2D eigenvalue weighted by atomic mass is 79.9. The van der Waals surface area contributed by atoms with E-state index in [9.17, 15) is 9.18 Å². The molecule has 0 aliphatic carbocycles. The Balaban J connectivity index is 2.36. The smallest absolute Gasteiger partial charge is 0.313 e. The van der Waals surface area contributed by atoms with E-state index < -0.39 is 5.82 Å². The summed E-state index contributed by atoms with van der Waals surface area (Å²) in [4.78, 5) is 15.9. The highest BCUT2D eigenvalue weighted by molar-refractivity contribution is 9.10. The van der Waals surface area contributed by atoms with Gasteiger partial charge in [0.15, 0.2) is 11.6 Å². The van der Waals surface area contributed by atoms with Crippen LogP contribution < -0.4 is 10.3 Å². The molecule has 2 rings (SSSR count). The third kappa shape index (κ3) is 3.20. The number of rotatable bonds is 4. The van der Waals surface area contributed by atoms with E-state index in [-0.39, 0.29) is 17.2 Å². The molecule has 0 saturated heterocycles. The van der Waals surface area contributed by atoms with Gasteiger partial charge in [0.25, 0.3) is 5.88 Å². The molecule has 1 aromatic carbocycles. The molecule has 0 atom stereocenters. The third-order valence-corrected chi connectivity index (χ3v) is 2.94. The van der Waals surface area contributed by atoms with Crippen molar-refractivity contribution in [2.45, 2.75) is 19.9 Å². The molecule has 6 heteroatoms. The van der Waals surface area contributed by atoms with Gasteiger partial charge in [-0.1, -0.05) is 22.9 Å². The molecule has 0 N–H and O–H groups in total. The van der Waals surface area contributed by atoms with Crippen molar-refractivity contribution >= 4 is 15.9 Å². The van der Waals surface area contributed by atoms with Crippen molar-refractivity contribution in [3.63, 3.8) is 0 Å². The first-order chi connectivity index (χ1) is 9.11. The lowest BCUT2D eigenvalue weighted by Gasteiger charge is -2.08. The predicted octanol–water partition coefficient (Wildman–Crippen LogP) is 3.35. The topological polar surface area (TPSA) is 44.1 Å². The third-order valence-electron chi connectivity index (χ3n) is 2.45. The fourth-order valence-corrected chi connectivity index (χ4v) is 1.91. The van der Waals surface area contributed by atoms with Crippen LogP contribution in [0.5, 0.6) is 11.6 Å². The molecule has 0 amide bonds. The molecule has 0 aliphatic rings. The molecule has 0 radical (unpaired) electrons. The van der Waals surface area contributed by atoms with Gasteiger partial charge in [0.2, 0.25) is 0 Å². The molecule has 100 valence electrons. The number of aryl methyl sites for hydroxylation is 1. The van der Waals surface area contributed by atoms with Crippen molar-refractivity contribution in [3.05, 3.63) is 51.2 Å². The Labute approximate surface area is 118 Å². The van der Waals surface area contributed by atoms with E-state index in [1.54, 1.807) is 12.3 Å². The van der Waals surface area contributed by atoms with Crippen LogP contribution in [0, 0.1) is 5.82 Å². The second-order valence-corrected chi connectivity index (χ2v) is 4.82. The number of nitrogens with zero attached hydrogens (tertiary/aromatic N) is 2. The van der Waals surface area contributed by atoms with Crippen molar-refractivity contribution < 1.29 is 9.13 Å². The van der Waals surface area contributed by atoms with E-state index >= 15 is 0 Å². The fourth-order valence-electron chi connectivity index (χ4n) is 1.57. The summed E-state index contributed by atoms with van der Waals surface area (Å²) in [7, 11) is 0. The molecule has 2 aromatic rings. The SMILES string of the molecule is CCCn1ccnc(Oc2cc(Br)ccc2F)c1=O. The molecule has 0 spiro atoms. The lowest BCUT2D eigenvalue weighted by Crippen LogP contribution is -2.21. The van der Waals surface area contributed by atoms with E-state index in [1.807, 2.05) is 6.92 Å². The molecule has 19 heavy (non-hydrogen) atoms. The summed E-state index contributed by atoms with van der Waals surface area (Å²) in [6.45, 7) is 2.53. The van der Waals surface area contributed by atoms with Crippen LogP contribution in [-0.2, 0) is 6.54 Å². The van der Waals surface area contributed by atoms with Gasteiger partial charge < -0.3 is 9.30 Å². The van der Waals surface area contributed by atoms with Crippen LogP contribution in [0.4, 0.5) is 4.39 Å². The summed E-state index contributed by atoms with van der Waals surface area (Å²) in [6, 6.07) is 4.26. The maximum atomic E-state index is 13.6. The standard InChI is InChI=1S/C13H12BrFN2O2/c1-2-6-17-7-5-16-12(13(17)18)19-11-8-9(14)3-4-10(11)15/h3-5,7-8H,2,6H2,1H3. The Hall–Kier alpha value is -1.69. The minimum absolute atomic E-state index is 0.0341. The molecule has 0 bridgehead atoms. The summed E-state index contributed by atoms with van der Waals surface area (Å²) < 4.78 is 21.0. The predicted molar refractivity (Wildman–Crippen MR) is 73.0 cm³/mol. The van der Waals surface area contributed by atoms with Crippen LogP contribution in [0.15, 0.2) is 39.9 Å². The molecule has 0 fully saturated rings. The summed E-state index contributed by atoms with van der Waals surface area (Å²) in [5.74, 6) is -0.712. The highest BCUT2D eigenvalue weighted by Crippen LogP contribution is 2.25. The molecular weight excluding hydrogens is 315 g/mol. The van der Waals surface area contributed by atoms with Crippen LogP contribution in [0.1, 0.15) is 13.3 Å². The van der Waals surface area contributed by atoms with Gasteiger partial charge in [0, 0.05) is 23.4 Å². The summed E-state index contributed by atoms with van der Waals surface area (Å²) >= 11 is 3.22. The number of hydrogen-bond acceptors (Lipinski definition) is 3. The minimum atomic E-state index is -0.546. The van der Waals surface area contributed by atoms with Crippen molar-refractivity contribution in [3.8, 4) is 11.6 Å². The first-order valence-corrected chi connectivity index (χ1v) is 6.59. The average molecular weight is 327 g/mol. The second kappa shape index (κ2) is 5.97. The largest absolute Gasteiger partial charge is 0.431 e. The molecule has 0 unspecified atom stereocenters. The van der Waals surface area contributed by atoms with Crippen LogP contribution in [0.25, 0.3) is 0 Å². The zero-order valence-electron chi connectivity index (χ0n) is 10.3. The van der Waals surface area contributed by atoms with Gasteiger partial charge in [-0.25, -0.2) is 9.37 Å². The highest BCUT2D eigenvalue weighted by Gasteiger charge is 2.10. The maximum Gasteiger partial charge on any atom is 0.313 e. The molecule has 0 saturated carbocycles. The fraction of sp³-hybridized carbons (Fsp3) is 0.231. The Bertz CT molecular complexity index is 643. The van der Waals surface area contributed by atoms with Gasteiger partial charge in [-0.15, -0.1) is 0 Å². The monoisotopic (exact) mass is 326 g/mol. The first kappa shape index (κ1) is 13.7. The van der Waals surface area contributed by atoms with E-state index in [0.717, 1.165) is 6.42 Å². The quantitative estimate of drug-likeness (QED) is 0.865. The van der Waals surface area contributed by atoms with Gasteiger partial charge in [-0.2, -0.15) is 0 Å². The Morgan fingerprint density at radius 2 is 2.26 bits per heavy atom. The normalized spacial score (nSPS) is 10.5. The van der Waals surface area contributed by atoms with Crippen molar-refractivity contribution in [2.75, 3.05) is 0 Å². The lowest BCUT2D eigenvalue weighted by molar-refractivity contribution is 0.413. The second-order valence-electron chi connectivity index (χ2n) is 3.91. The van der Waals surface area contributed by atoms with Gasteiger partial charge in [-0.3, -0.25) is 4.79 Å². The zero-order valence-corrected chi connectivity index (χ0v) is 11.9. The zero-order chi connectivity index (χ0) is 13.8. The first-order valence-electron chi connectivity index (χ1n) is 5.80. The van der Waals surface area contributed by atoms with Crippen LogP contribution in [-0.4, -0.2) is 9.55 Å². The van der Waals surface area contributed by atoms with E-state index in [2.05, 4.69) is 20.9 Å². The van der Waals surface area contributed by atoms with Crippen LogP contribution >= 0.6 is 15.9 Å². The van der Waals surface area contributed by atoms with E-state index in [1.165, 1.54) is 22.9 Å². The molecule has 1 aromatic heterocycles. The van der Waals surface area contributed by atoms with E-state index in [0.29, 0.717) is 11.0 Å². The maximum absolute atomic E-state index is 13.6. The molecule has 0 aliphatic heterocycles. The average Bonchev–Trinajstić information content (AvgIpc) is 2.39. The number of hydrogen-bond donors (Lipinski definition) is 0. The summed E-state index contributed by atoms with van der Waals surface area (Å²) in [5.41, 5.74) is -0.372. The summed E-state index contributed by atoms with van der Waals surface area (Å²) in [6.07, 6.45) is 3.85. The van der Waals surface area contributed by atoms with E-state index in [4.69, 9.17) is 4.74 Å². The number of benzene rings is 1. The van der Waals surface area contributed by atoms with Gasteiger partial charge in [0.1, 0.15) is 0 Å². The van der Waals surface area contributed by atoms with Crippen LogP contribution in [0.2, 0.25) is 0 Å². The molecular formula is C13H12BrFN2O2. The van der Waals surface area contributed by atoms with Crippen molar-refractivity contribution in [2.24, 2.45) is 0 Å². The number of aromatic nitrogens is 2. The Morgan fingerprint density at radius 3 is 3.00 bits per heavy atom. The minimum Gasteiger partial charge on any atom is -0.431 e. The van der Waals surface area contributed by atoms with Gasteiger partial charge in [0.05, 0.1) is 0 Å². The number of ether oxygens (including phenoxy) is 1. The lowest BCUT2D eigenvalue weighted by atomic mass is 10.3. The van der Waals surface area contributed by atoms with Crippen molar-refractivity contribution in [1.82, 2.24) is 9.55 Å². The van der Waals surface area contributed by atoms with Crippen molar-refractivity contribution in [1.29, 1.82) is 0 Å². The molecule has 1 heterocycles. The Kier molecular flexibility index (Phi) is 4.31. The number of halogens is 2. The Morgan fingerprint density at radius 1 is 1.47 bits per heavy atom.